The van der Waals surface area contributed by atoms with Crippen molar-refractivity contribution in [1.82, 2.24) is 5.32 Å². The van der Waals surface area contributed by atoms with Gasteiger partial charge in [0, 0.05) is 6.61 Å². The van der Waals surface area contributed by atoms with Crippen LogP contribution in [0.25, 0.3) is 0 Å². The van der Waals surface area contributed by atoms with E-state index in [4.69, 9.17) is 5.11 Å². The summed E-state index contributed by atoms with van der Waals surface area (Å²) in [5.74, 6) is -0.387. The molecule has 0 saturated heterocycles. The lowest BCUT2D eigenvalue weighted by atomic mass is 9.98. The van der Waals surface area contributed by atoms with Crippen molar-refractivity contribution >= 4 is 8.38 Å². The van der Waals surface area contributed by atoms with Crippen LogP contribution in [-0.4, -0.2) is 27.3 Å². The van der Waals surface area contributed by atoms with E-state index in [1.165, 1.54) is 0 Å². The van der Waals surface area contributed by atoms with E-state index >= 15 is 0 Å². The quantitative estimate of drug-likeness (QED) is 0.420. The van der Waals surface area contributed by atoms with Gasteiger partial charge in [-0.1, -0.05) is 60.7 Å². The van der Waals surface area contributed by atoms with E-state index in [1.54, 1.807) is 0 Å². The Morgan fingerprint density at radius 1 is 0.826 bits per heavy atom. The second-order valence-corrected chi connectivity index (χ2v) is 6.74. The number of rotatable bonds is 9. The first-order valence-corrected chi connectivity index (χ1v) is 9.18. The molecule has 0 radical (unpaired) electrons. The summed E-state index contributed by atoms with van der Waals surface area (Å²) in [6.07, 6.45) is 2.04. The Kier molecular flexibility index (Phi) is 7.66. The van der Waals surface area contributed by atoms with E-state index in [2.05, 4.69) is 5.32 Å². The first-order chi connectivity index (χ1) is 11.2. The molecule has 1 unspecified atom stereocenters. The molecule has 4 N–H and O–H groups in total. The Morgan fingerprint density at radius 2 is 1.35 bits per heavy atom. The number of unbranched alkanes of at least 4 members (excludes halogenated alkanes) is 1. The van der Waals surface area contributed by atoms with E-state index in [0.29, 0.717) is 12.8 Å². The van der Waals surface area contributed by atoms with E-state index in [-0.39, 0.29) is 18.4 Å². The maximum atomic E-state index is 9.75. The number of hydrogen-bond donors (Lipinski definition) is 4. The van der Waals surface area contributed by atoms with Crippen molar-refractivity contribution in [2.75, 3.05) is 6.61 Å². The highest BCUT2D eigenvalue weighted by Gasteiger charge is 2.23. The molecule has 0 aliphatic heterocycles. The van der Waals surface area contributed by atoms with Crippen LogP contribution in [0.3, 0.4) is 0 Å². The molecule has 0 aliphatic rings. The number of aliphatic hydroxyl groups excluding tert-OH is 1. The lowest BCUT2D eigenvalue weighted by molar-refractivity contribution is 0.280. The second-order valence-electron chi connectivity index (χ2n) is 5.48. The van der Waals surface area contributed by atoms with Crippen LogP contribution in [0.1, 0.15) is 36.4 Å². The fourth-order valence-electron chi connectivity index (χ4n) is 2.58. The van der Waals surface area contributed by atoms with Gasteiger partial charge in [-0.3, -0.25) is 5.32 Å². The van der Waals surface area contributed by atoms with Gasteiger partial charge in [0.05, 0.1) is 11.8 Å². The lowest BCUT2D eigenvalue weighted by Gasteiger charge is -2.27. The van der Waals surface area contributed by atoms with Crippen LogP contribution in [0.4, 0.5) is 0 Å². The summed E-state index contributed by atoms with van der Waals surface area (Å²) in [5, 5.41) is 12.3. The molecule has 4 nitrogen and oxygen atoms in total. The molecular formula is C18H24NO3P. The topological polar surface area (TPSA) is 72.7 Å². The molecular weight excluding hydrogens is 309 g/mol. The van der Waals surface area contributed by atoms with E-state index in [0.717, 1.165) is 17.5 Å². The van der Waals surface area contributed by atoms with Gasteiger partial charge in [-0.05, 0) is 30.4 Å². The molecule has 0 saturated carbocycles. The molecule has 124 valence electrons. The van der Waals surface area contributed by atoms with Gasteiger partial charge in [0.25, 0.3) is 0 Å². The van der Waals surface area contributed by atoms with Gasteiger partial charge in [0.1, 0.15) is 0 Å². The molecule has 23 heavy (non-hydrogen) atoms. The summed E-state index contributed by atoms with van der Waals surface area (Å²) >= 11 is 0. The minimum Gasteiger partial charge on any atom is -0.396 e. The zero-order valence-electron chi connectivity index (χ0n) is 13.0. The lowest BCUT2D eigenvalue weighted by Crippen LogP contribution is -2.32. The fourth-order valence-corrected chi connectivity index (χ4v) is 3.28. The summed E-state index contributed by atoms with van der Waals surface area (Å²) < 4.78 is 0. The van der Waals surface area contributed by atoms with Crippen LogP contribution in [0.15, 0.2) is 60.7 Å². The van der Waals surface area contributed by atoms with Gasteiger partial charge < -0.3 is 14.9 Å². The number of benzene rings is 2. The van der Waals surface area contributed by atoms with Gasteiger partial charge in [0.2, 0.25) is 0 Å². The molecule has 0 fully saturated rings. The van der Waals surface area contributed by atoms with Crippen molar-refractivity contribution in [3.05, 3.63) is 71.8 Å². The van der Waals surface area contributed by atoms with Gasteiger partial charge in [0.15, 0.2) is 8.38 Å². The zero-order valence-corrected chi connectivity index (χ0v) is 13.9. The predicted molar refractivity (Wildman–Crippen MR) is 93.9 cm³/mol. The third kappa shape index (κ3) is 5.69. The zero-order chi connectivity index (χ0) is 16.5. The average molecular weight is 333 g/mol. The SMILES string of the molecule is OCCCCC(NC(c1ccccc1)c1ccccc1)P(O)O. The van der Waals surface area contributed by atoms with Crippen molar-refractivity contribution in [1.29, 1.82) is 0 Å². The molecule has 0 heterocycles. The summed E-state index contributed by atoms with van der Waals surface area (Å²) in [6.45, 7) is 0.127. The summed E-state index contributed by atoms with van der Waals surface area (Å²) in [6, 6.07) is 19.9. The van der Waals surface area contributed by atoms with Crippen molar-refractivity contribution in [2.24, 2.45) is 0 Å². The molecule has 1 atom stereocenters. The van der Waals surface area contributed by atoms with Gasteiger partial charge in [-0.2, -0.15) is 0 Å². The van der Waals surface area contributed by atoms with Crippen LogP contribution < -0.4 is 5.32 Å². The standard InChI is InChI=1S/C18H24NO3P/c20-14-8-7-13-17(23(21)22)19-18(15-9-3-1-4-10-15)16-11-5-2-6-12-16/h1-6,9-12,17-22H,7-8,13-14H2. The molecule has 2 rings (SSSR count). The molecule has 0 aliphatic carbocycles. The molecule has 5 heteroatoms. The third-order valence-electron chi connectivity index (χ3n) is 3.79. The van der Waals surface area contributed by atoms with Crippen LogP contribution in [0.2, 0.25) is 0 Å². The summed E-state index contributed by atoms with van der Waals surface area (Å²) in [4.78, 5) is 19.5. The average Bonchev–Trinajstić information content (AvgIpc) is 2.59. The first-order valence-electron chi connectivity index (χ1n) is 7.86. The van der Waals surface area contributed by atoms with Crippen molar-refractivity contribution in [2.45, 2.75) is 31.1 Å². The highest BCUT2D eigenvalue weighted by molar-refractivity contribution is 7.45. The van der Waals surface area contributed by atoms with E-state index < -0.39 is 8.38 Å². The smallest absolute Gasteiger partial charge is 0.183 e. The minimum atomic E-state index is -2.09. The Bertz CT molecular complexity index is 511. The molecule has 0 bridgehead atoms. The van der Waals surface area contributed by atoms with Gasteiger partial charge in [-0.25, -0.2) is 0 Å². The molecule has 2 aromatic carbocycles. The molecule has 0 aromatic heterocycles. The third-order valence-corrected chi connectivity index (χ3v) is 4.75. The number of nitrogens with one attached hydrogen (secondary N) is 1. The second kappa shape index (κ2) is 9.76. The Morgan fingerprint density at radius 3 is 1.78 bits per heavy atom. The van der Waals surface area contributed by atoms with Gasteiger partial charge >= 0.3 is 0 Å². The number of aliphatic hydroxyl groups is 1. The molecule has 2 aromatic rings. The van der Waals surface area contributed by atoms with Crippen molar-refractivity contribution < 1.29 is 14.9 Å². The van der Waals surface area contributed by atoms with Crippen LogP contribution in [0, 0.1) is 0 Å². The summed E-state index contributed by atoms with van der Waals surface area (Å²) in [7, 11) is -2.09. The molecule has 0 amide bonds. The van der Waals surface area contributed by atoms with E-state index in [9.17, 15) is 9.79 Å². The highest BCUT2D eigenvalue weighted by atomic mass is 31.2. The fraction of sp³-hybridized carbons (Fsp3) is 0.333. The Labute approximate surface area is 138 Å². The monoisotopic (exact) mass is 333 g/mol. The Hall–Kier alpha value is -1.29. The number of hydrogen-bond acceptors (Lipinski definition) is 4. The van der Waals surface area contributed by atoms with Crippen LogP contribution >= 0.6 is 8.38 Å². The van der Waals surface area contributed by atoms with Crippen LogP contribution in [-0.2, 0) is 0 Å². The van der Waals surface area contributed by atoms with Crippen molar-refractivity contribution in [3.63, 3.8) is 0 Å². The summed E-state index contributed by atoms with van der Waals surface area (Å²) in [5.41, 5.74) is 2.17. The predicted octanol–water partition coefficient (Wildman–Crippen LogP) is 3.15. The van der Waals surface area contributed by atoms with E-state index in [1.807, 2.05) is 60.7 Å². The maximum absolute atomic E-state index is 9.75. The largest absolute Gasteiger partial charge is 0.396 e. The van der Waals surface area contributed by atoms with Crippen molar-refractivity contribution in [3.8, 4) is 0 Å². The first kappa shape index (κ1) is 18.1. The highest BCUT2D eigenvalue weighted by Crippen LogP contribution is 2.35. The minimum absolute atomic E-state index is 0.0965. The molecule has 0 spiro atoms. The van der Waals surface area contributed by atoms with Crippen LogP contribution in [0.5, 0.6) is 0 Å². The maximum Gasteiger partial charge on any atom is 0.183 e. The Balaban J connectivity index is 2.19. The van der Waals surface area contributed by atoms with Gasteiger partial charge in [-0.15, -0.1) is 0 Å². The normalized spacial score (nSPS) is 12.7.